The summed E-state index contributed by atoms with van der Waals surface area (Å²) in [5, 5.41) is 10.4. The number of methoxy groups -OCH3 is 1. The SMILES string of the molecule is C=C1[C@@H](n2cnc3c(/N=C/N(C)C)nc(F)nc32)[C@H](COC(c2ccccc2)(c2ccccc2)c2ccc(OC)cc2)[C@H]1CO. The maximum absolute atomic E-state index is 14.7. The minimum atomic E-state index is -0.990. The van der Waals surface area contributed by atoms with E-state index >= 15 is 0 Å². The maximum atomic E-state index is 14.7. The van der Waals surface area contributed by atoms with E-state index in [-0.39, 0.29) is 36.9 Å². The van der Waals surface area contributed by atoms with Crippen molar-refractivity contribution < 1.29 is 19.0 Å². The summed E-state index contributed by atoms with van der Waals surface area (Å²) >= 11 is 0. The van der Waals surface area contributed by atoms with Crippen molar-refractivity contribution in [3.8, 4) is 5.75 Å². The van der Waals surface area contributed by atoms with Gasteiger partial charge >= 0.3 is 6.08 Å². The predicted molar refractivity (Wildman–Crippen MR) is 171 cm³/mol. The summed E-state index contributed by atoms with van der Waals surface area (Å²) in [6, 6.07) is 27.6. The Balaban J connectivity index is 1.43. The number of aliphatic hydroxyl groups excluding tert-OH is 1. The average Bonchev–Trinajstić information content (AvgIpc) is 3.47. The third-order valence-corrected chi connectivity index (χ3v) is 8.41. The number of nitrogens with zero attached hydrogens (tertiary/aromatic N) is 6. The van der Waals surface area contributed by atoms with Crippen LogP contribution in [0.5, 0.6) is 5.75 Å². The Labute approximate surface area is 261 Å². The molecule has 0 spiro atoms. The lowest BCUT2D eigenvalue weighted by atomic mass is 9.66. The van der Waals surface area contributed by atoms with E-state index in [0.29, 0.717) is 11.2 Å². The van der Waals surface area contributed by atoms with Gasteiger partial charge in [-0.15, -0.1) is 0 Å². The highest BCUT2D eigenvalue weighted by Gasteiger charge is 2.48. The standard InChI is InChI=1S/C35H35FN6O3/c1-23-28(19-43)29(31(23)42-22-37-30-32(38-21-41(2)3)39-34(36)40-33(30)42)20-45-35(24-11-7-5-8-12-24,25-13-9-6-10-14-25)26-15-17-27(44-4)18-16-26/h5-18,21-22,28-29,31,43H,1,19-20H2,2-4H3/b38-21+/t28-,29+,31+/m0/s1. The van der Waals surface area contributed by atoms with Gasteiger partial charge in [0.2, 0.25) is 0 Å². The van der Waals surface area contributed by atoms with Crippen LogP contribution in [0.15, 0.2) is 108 Å². The van der Waals surface area contributed by atoms with E-state index in [1.165, 1.54) is 6.34 Å². The summed E-state index contributed by atoms with van der Waals surface area (Å²) in [4.78, 5) is 18.5. The van der Waals surface area contributed by atoms with Gasteiger partial charge in [0.25, 0.3) is 0 Å². The van der Waals surface area contributed by atoms with Crippen molar-refractivity contribution in [2.45, 2.75) is 11.6 Å². The molecule has 5 aromatic rings. The number of hydrogen-bond acceptors (Lipinski definition) is 7. The molecule has 0 radical (unpaired) electrons. The van der Waals surface area contributed by atoms with Crippen LogP contribution in [-0.2, 0) is 10.3 Å². The summed E-state index contributed by atoms with van der Waals surface area (Å²) in [5.41, 5.74) is 3.28. The van der Waals surface area contributed by atoms with Gasteiger partial charge in [-0.1, -0.05) is 79.4 Å². The second-order valence-corrected chi connectivity index (χ2v) is 11.3. The van der Waals surface area contributed by atoms with Gasteiger partial charge in [-0.2, -0.15) is 14.4 Å². The van der Waals surface area contributed by atoms with E-state index in [9.17, 15) is 9.50 Å². The van der Waals surface area contributed by atoms with Crippen LogP contribution in [0.1, 0.15) is 22.7 Å². The third kappa shape index (κ3) is 5.47. The topological polar surface area (TPSA) is 97.9 Å². The first kappa shape index (κ1) is 30.1. The van der Waals surface area contributed by atoms with Gasteiger partial charge in [0.05, 0.1) is 39.0 Å². The van der Waals surface area contributed by atoms with E-state index in [1.807, 2.05) is 74.8 Å². The largest absolute Gasteiger partial charge is 0.497 e. The van der Waals surface area contributed by atoms with Crippen molar-refractivity contribution in [2.75, 3.05) is 34.4 Å². The molecule has 0 bridgehead atoms. The number of ether oxygens (including phenoxy) is 2. The molecule has 1 fully saturated rings. The summed E-state index contributed by atoms with van der Waals surface area (Å²) in [5.74, 6) is 0.398. The Morgan fingerprint density at radius 1 is 0.978 bits per heavy atom. The van der Waals surface area contributed by atoms with Crippen LogP contribution < -0.4 is 4.74 Å². The van der Waals surface area contributed by atoms with Crippen LogP contribution in [0.2, 0.25) is 0 Å². The number of fused-ring (bicyclic) bond motifs is 1. The molecule has 2 heterocycles. The molecule has 2 aromatic heterocycles. The zero-order chi connectivity index (χ0) is 31.6. The molecule has 230 valence electrons. The van der Waals surface area contributed by atoms with Crippen molar-refractivity contribution in [3.63, 3.8) is 0 Å². The van der Waals surface area contributed by atoms with Gasteiger partial charge in [0.1, 0.15) is 11.4 Å². The Bertz CT molecular complexity index is 1770. The summed E-state index contributed by atoms with van der Waals surface area (Å²) < 4.78 is 29.1. The first-order chi connectivity index (χ1) is 21.9. The smallest absolute Gasteiger partial charge is 0.312 e. The van der Waals surface area contributed by atoms with Gasteiger partial charge in [0.15, 0.2) is 17.0 Å². The normalized spacial score (nSPS) is 18.3. The third-order valence-electron chi connectivity index (χ3n) is 8.41. The number of hydrogen-bond donors (Lipinski definition) is 1. The highest BCUT2D eigenvalue weighted by molar-refractivity contribution is 5.83. The summed E-state index contributed by atoms with van der Waals surface area (Å²) in [6.45, 7) is 4.43. The molecule has 3 atom stereocenters. The molecule has 1 N–H and O–H groups in total. The number of benzene rings is 3. The molecule has 0 amide bonds. The first-order valence-electron chi connectivity index (χ1n) is 14.7. The minimum Gasteiger partial charge on any atom is -0.497 e. The Kier molecular flexibility index (Phi) is 8.42. The quantitative estimate of drug-likeness (QED) is 0.0693. The van der Waals surface area contributed by atoms with E-state index < -0.39 is 11.7 Å². The molecule has 0 unspecified atom stereocenters. The molecule has 3 aromatic carbocycles. The molecular weight excluding hydrogens is 571 g/mol. The molecule has 1 aliphatic carbocycles. The molecule has 6 rings (SSSR count). The number of rotatable bonds is 11. The van der Waals surface area contributed by atoms with E-state index in [4.69, 9.17) is 9.47 Å². The highest BCUT2D eigenvalue weighted by atomic mass is 19.1. The fraction of sp³-hybridized carbons (Fsp3) is 0.257. The van der Waals surface area contributed by atoms with E-state index in [2.05, 4.69) is 50.8 Å². The molecule has 9 nitrogen and oxygen atoms in total. The Morgan fingerprint density at radius 2 is 1.60 bits per heavy atom. The number of halogens is 1. The second kappa shape index (κ2) is 12.6. The van der Waals surface area contributed by atoms with Crippen LogP contribution in [-0.4, -0.2) is 70.3 Å². The van der Waals surface area contributed by atoms with Crippen LogP contribution in [0.3, 0.4) is 0 Å². The minimum absolute atomic E-state index is 0.107. The number of aliphatic imine (C=N–C) groups is 1. The van der Waals surface area contributed by atoms with Crippen molar-refractivity contribution in [3.05, 3.63) is 126 Å². The van der Waals surface area contributed by atoms with Gasteiger partial charge in [-0.05, 0) is 34.4 Å². The maximum Gasteiger partial charge on any atom is 0.312 e. The highest BCUT2D eigenvalue weighted by Crippen LogP contribution is 2.51. The van der Waals surface area contributed by atoms with Gasteiger partial charge in [0, 0.05) is 25.9 Å². The number of aromatic nitrogens is 4. The fourth-order valence-electron chi connectivity index (χ4n) is 6.20. The molecule has 45 heavy (non-hydrogen) atoms. The van der Waals surface area contributed by atoms with E-state index in [1.54, 1.807) is 22.9 Å². The van der Waals surface area contributed by atoms with Crippen LogP contribution in [0.25, 0.3) is 11.2 Å². The van der Waals surface area contributed by atoms with Gasteiger partial charge in [-0.3, -0.25) is 0 Å². The van der Waals surface area contributed by atoms with Gasteiger partial charge < -0.3 is 24.0 Å². The lowest BCUT2D eigenvalue weighted by Gasteiger charge is -2.48. The van der Waals surface area contributed by atoms with E-state index in [0.717, 1.165) is 28.0 Å². The molecule has 0 saturated heterocycles. The predicted octanol–water partition coefficient (Wildman–Crippen LogP) is 5.54. The van der Waals surface area contributed by atoms with Crippen molar-refractivity contribution >= 4 is 23.3 Å². The summed E-state index contributed by atoms with van der Waals surface area (Å²) in [6.07, 6.45) is 2.24. The molecule has 1 aliphatic rings. The fourth-order valence-corrected chi connectivity index (χ4v) is 6.20. The monoisotopic (exact) mass is 606 g/mol. The van der Waals surface area contributed by atoms with Crippen molar-refractivity contribution in [1.29, 1.82) is 0 Å². The lowest BCUT2D eigenvalue weighted by Crippen LogP contribution is -2.47. The zero-order valence-corrected chi connectivity index (χ0v) is 25.4. The van der Waals surface area contributed by atoms with Crippen molar-refractivity contribution in [2.24, 2.45) is 16.8 Å². The van der Waals surface area contributed by atoms with Crippen LogP contribution >= 0.6 is 0 Å². The van der Waals surface area contributed by atoms with Crippen LogP contribution in [0, 0.1) is 17.9 Å². The van der Waals surface area contributed by atoms with Crippen LogP contribution in [0.4, 0.5) is 10.2 Å². The first-order valence-corrected chi connectivity index (χ1v) is 14.7. The Hall–Kier alpha value is -4.93. The zero-order valence-electron chi connectivity index (χ0n) is 25.4. The summed E-state index contributed by atoms with van der Waals surface area (Å²) in [7, 11) is 5.26. The number of aliphatic hydroxyl groups is 1. The molecule has 10 heteroatoms. The van der Waals surface area contributed by atoms with Crippen molar-refractivity contribution in [1.82, 2.24) is 24.4 Å². The number of imidazole rings is 1. The molecule has 0 aliphatic heterocycles. The Morgan fingerprint density at radius 3 is 2.18 bits per heavy atom. The average molecular weight is 607 g/mol. The second-order valence-electron chi connectivity index (χ2n) is 11.3. The van der Waals surface area contributed by atoms with Gasteiger partial charge in [-0.25, -0.2) is 9.98 Å². The lowest BCUT2D eigenvalue weighted by molar-refractivity contribution is -0.0502. The molecule has 1 saturated carbocycles. The molecular formula is C35H35FN6O3.